The van der Waals surface area contributed by atoms with E-state index in [1.165, 1.54) is 27.1 Å². The lowest BCUT2D eigenvalue weighted by molar-refractivity contribution is 0.0774. The van der Waals surface area contributed by atoms with E-state index in [-0.39, 0.29) is 6.10 Å². The lowest BCUT2D eigenvalue weighted by atomic mass is 9.84. The average Bonchev–Trinajstić information content (AvgIpc) is 2.73. The molecule has 1 aliphatic rings. The first-order valence-corrected chi connectivity index (χ1v) is 9.49. The molecule has 1 unspecified atom stereocenters. The van der Waals surface area contributed by atoms with Crippen LogP contribution in [-0.4, -0.2) is 11.8 Å². The Kier molecular flexibility index (Phi) is 3.99. The maximum absolute atomic E-state index is 8.71. The quantitative estimate of drug-likeness (QED) is 0.459. The third-order valence-corrected chi connectivity index (χ3v) is 5.60. The maximum atomic E-state index is 8.71. The molecule has 0 fully saturated rings. The summed E-state index contributed by atoms with van der Waals surface area (Å²) in [6.45, 7) is 0.557. The van der Waals surface area contributed by atoms with Crippen molar-refractivity contribution in [1.82, 2.24) is 0 Å². The Morgan fingerprint density at radius 2 is 1.56 bits per heavy atom. The van der Waals surface area contributed by atoms with Crippen LogP contribution in [0.4, 0.5) is 0 Å². The smallest absolute Gasteiger partial charge is 0.100 e. The van der Waals surface area contributed by atoms with Crippen molar-refractivity contribution in [2.75, 3.05) is 0 Å². The van der Waals surface area contributed by atoms with Gasteiger partial charge >= 0.3 is 0 Å². The van der Waals surface area contributed by atoms with Gasteiger partial charge in [-0.05, 0) is 45.5 Å². The third-order valence-electron chi connectivity index (χ3n) is 5.60. The molecule has 4 aromatic rings. The Bertz CT molecular complexity index is 1150. The summed E-state index contributed by atoms with van der Waals surface area (Å²) < 4.78 is 6.10. The molecule has 0 radical (unpaired) electrons. The molecule has 0 aliphatic heterocycles. The van der Waals surface area contributed by atoms with Gasteiger partial charge in [0.15, 0.2) is 0 Å². The highest BCUT2D eigenvalue weighted by atomic mass is 16.5. The van der Waals surface area contributed by atoms with Gasteiger partial charge in [0.2, 0.25) is 0 Å². The minimum absolute atomic E-state index is 0.129. The second-order valence-electron chi connectivity index (χ2n) is 7.21. The molecule has 0 amide bonds. The Hall–Kier alpha value is -2.97. The first-order chi connectivity index (χ1) is 13.3. The number of nitrogens with one attached hydrogen (secondary N) is 1. The van der Waals surface area contributed by atoms with Gasteiger partial charge in [-0.25, -0.2) is 0 Å². The van der Waals surface area contributed by atoms with Gasteiger partial charge in [0, 0.05) is 5.56 Å². The molecule has 0 saturated carbocycles. The summed E-state index contributed by atoms with van der Waals surface area (Å²) in [7, 11) is 0. The van der Waals surface area contributed by atoms with E-state index in [1.807, 2.05) is 18.2 Å². The molecule has 0 aromatic heterocycles. The van der Waals surface area contributed by atoms with Crippen LogP contribution in [0.25, 0.3) is 21.5 Å². The molecule has 1 atom stereocenters. The first kappa shape index (κ1) is 16.2. The molecule has 4 aromatic carbocycles. The number of hydrogen-bond acceptors (Lipinski definition) is 2. The molecule has 2 nitrogen and oxygen atoms in total. The minimum atomic E-state index is -0.129. The molecule has 0 heterocycles. The molecule has 1 N–H and O–H groups in total. The van der Waals surface area contributed by atoms with Crippen LogP contribution in [0.3, 0.4) is 0 Å². The van der Waals surface area contributed by atoms with Crippen molar-refractivity contribution in [3.63, 3.8) is 0 Å². The zero-order valence-corrected chi connectivity index (χ0v) is 15.1. The predicted octanol–water partition coefficient (Wildman–Crippen LogP) is 5.89. The molecule has 132 valence electrons. The summed E-state index contributed by atoms with van der Waals surface area (Å²) in [5.41, 5.74) is 4.10. The Morgan fingerprint density at radius 1 is 0.778 bits per heavy atom. The standard InChI is InChI=1S/C25H21NO/c26-25-23-13-12-20-19-9-5-4-8-18(19)10-11-21(20)22(23)14-15-24(25)27-16-17-6-2-1-3-7-17/h1-13,24,26H,14-16H2. The van der Waals surface area contributed by atoms with Crippen molar-refractivity contribution < 1.29 is 4.74 Å². The van der Waals surface area contributed by atoms with Crippen LogP contribution < -0.4 is 0 Å². The van der Waals surface area contributed by atoms with Crippen LogP contribution in [0.2, 0.25) is 0 Å². The Labute approximate surface area is 158 Å². The van der Waals surface area contributed by atoms with Crippen molar-refractivity contribution in [3.8, 4) is 0 Å². The fourth-order valence-electron chi connectivity index (χ4n) is 4.20. The molecule has 0 saturated heterocycles. The van der Waals surface area contributed by atoms with E-state index in [9.17, 15) is 0 Å². The Balaban J connectivity index is 1.49. The second kappa shape index (κ2) is 6.64. The third kappa shape index (κ3) is 2.83. The largest absolute Gasteiger partial charge is 0.367 e. The average molecular weight is 351 g/mol. The second-order valence-corrected chi connectivity index (χ2v) is 7.21. The van der Waals surface area contributed by atoms with Gasteiger partial charge < -0.3 is 10.1 Å². The van der Waals surface area contributed by atoms with E-state index in [1.54, 1.807) is 0 Å². The predicted molar refractivity (Wildman–Crippen MR) is 112 cm³/mol. The number of benzene rings is 4. The highest BCUT2D eigenvalue weighted by molar-refractivity contribution is 6.13. The van der Waals surface area contributed by atoms with Gasteiger partial charge in [0.25, 0.3) is 0 Å². The van der Waals surface area contributed by atoms with Gasteiger partial charge in [-0.2, -0.15) is 0 Å². The number of hydrogen-bond donors (Lipinski definition) is 1. The maximum Gasteiger partial charge on any atom is 0.100 e. The van der Waals surface area contributed by atoms with Gasteiger partial charge in [-0.3, -0.25) is 0 Å². The van der Waals surface area contributed by atoms with Crippen molar-refractivity contribution in [2.24, 2.45) is 0 Å². The van der Waals surface area contributed by atoms with Crippen molar-refractivity contribution in [2.45, 2.75) is 25.6 Å². The normalized spacial score (nSPS) is 16.6. The zero-order valence-electron chi connectivity index (χ0n) is 15.1. The number of aryl methyl sites for hydroxylation is 1. The topological polar surface area (TPSA) is 33.1 Å². The van der Waals surface area contributed by atoms with E-state index in [0.717, 1.165) is 24.0 Å². The van der Waals surface area contributed by atoms with E-state index in [0.29, 0.717) is 12.3 Å². The summed E-state index contributed by atoms with van der Waals surface area (Å²) >= 11 is 0. The minimum Gasteiger partial charge on any atom is -0.367 e. The highest BCUT2D eigenvalue weighted by Gasteiger charge is 2.26. The van der Waals surface area contributed by atoms with Gasteiger partial charge in [0.1, 0.15) is 6.10 Å². The monoisotopic (exact) mass is 351 g/mol. The molecule has 2 heteroatoms. The molecule has 5 rings (SSSR count). The first-order valence-electron chi connectivity index (χ1n) is 9.49. The Morgan fingerprint density at radius 3 is 2.44 bits per heavy atom. The van der Waals surface area contributed by atoms with E-state index in [4.69, 9.17) is 10.1 Å². The molecule has 27 heavy (non-hydrogen) atoms. The van der Waals surface area contributed by atoms with E-state index >= 15 is 0 Å². The van der Waals surface area contributed by atoms with Crippen molar-refractivity contribution >= 4 is 27.3 Å². The SMILES string of the molecule is N=C1c2ccc3c(ccc4ccccc43)c2CCC1OCc1ccccc1. The summed E-state index contributed by atoms with van der Waals surface area (Å²) in [5, 5.41) is 13.8. The van der Waals surface area contributed by atoms with Gasteiger partial charge in [-0.15, -0.1) is 0 Å². The van der Waals surface area contributed by atoms with E-state index < -0.39 is 0 Å². The van der Waals surface area contributed by atoms with Crippen molar-refractivity contribution in [1.29, 1.82) is 5.41 Å². The van der Waals surface area contributed by atoms with Gasteiger partial charge in [-0.1, -0.05) is 78.9 Å². The number of ether oxygens (including phenoxy) is 1. The zero-order chi connectivity index (χ0) is 18.2. The van der Waals surface area contributed by atoms with Crippen LogP contribution in [0.15, 0.2) is 78.9 Å². The van der Waals surface area contributed by atoms with Crippen LogP contribution in [-0.2, 0) is 17.8 Å². The number of rotatable bonds is 3. The van der Waals surface area contributed by atoms with Crippen LogP contribution in [0.1, 0.15) is 23.1 Å². The highest BCUT2D eigenvalue weighted by Crippen LogP contribution is 2.34. The summed E-state index contributed by atoms with van der Waals surface area (Å²) in [4.78, 5) is 0. The van der Waals surface area contributed by atoms with Gasteiger partial charge in [0.05, 0.1) is 12.3 Å². The fourth-order valence-corrected chi connectivity index (χ4v) is 4.20. The molecule has 0 bridgehead atoms. The van der Waals surface area contributed by atoms with Crippen LogP contribution >= 0.6 is 0 Å². The molecule has 1 aliphatic carbocycles. The lowest BCUT2D eigenvalue weighted by Gasteiger charge is -2.27. The fraction of sp³-hybridized carbons (Fsp3) is 0.160. The lowest BCUT2D eigenvalue weighted by Crippen LogP contribution is -2.30. The molecular weight excluding hydrogens is 330 g/mol. The van der Waals surface area contributed by atoms with Crippen LogP contribution in [0.5, 0.6) is 0 Å². The van der Waals surface area contributed by atoms with Crippen LogP contribution in [0, 0.1) is 5.41 Å². The molecular formula is C25H21NO. The van der Waals surface area contributed by atoms with E-state index in [2.05, 4.69) is 60.7 Å². The summed E-state index contributed by atoms with van der Waals surface area (Å²) in [6.07, 6.45) is 1.69. The molecule has 0 spiro atoms. The van der Waals surface area contributed by atoms with Crippen molar-refractivity contribution in [3.05, 3.63) is 95.6 Å². The summed E-state index contributed by atoms with van der Waals surface area (Å²) in [6, 6.07) is 27.4. The number of fused-ring (bicyclic) bond motifs is 5. The summed E-state index contributed by atoms with van der Waals surface area (Å²) in [5.74, 6) is 0.